The van der Waals surface area contributed by atoms with Crippen LogP contribution in [0.5, 0.6) is 0 Å². The molecule has 0 bridgehead atoms. The molecule has 1 aromatic heterocycles. The minimum Gasteiger partial charge on any atom is -0.353 e. The molecule has 1 radical (unpaired) electrons. The summed E-state index contributed by atoms with van der Waals surface area (Å²) in [7, 11) is 0. The summed E-state index contributed by atoms with van der Waals surface area (Å²) in [5.41, 5.74) is 5.03. The van der Waals surface area contributed by atoms with Crippen LogP contribution in [0.3, 0.4) is 0 Å². The molecule has 0 unspecified atom stereocenters. The summed E-state index contributed by atoms with van der Waals surface area (Å²) in [5, 5.41) is 2.54. The zero-order valence-electron chi connectivity index (χ0n) is 18.9. The maximum atomic E-state index is 13.5. The number of aromatic nitrogens is 2. The Kier molecular flexibility index (Phi) is 7.76. The van der Waals surface area contributed by atoms with Gasteiger partial charge in [-0.15, -0.1) is 0 Å². The largest absolute Gasteiger partial charge is 0.416 e. The zero-order chi connectivity index (χ0) is 24.9. The van der Waals surface area contributed by atoms with E-state index in [1.165, 1.54) is 6.07 Å². The topological polar surface area (TPSA) is 72.9 Å². The van der Waals surface area contributed by atoms with Gasteiger partial charge < -0.3 is 15.6 Å². The standard InChI is InChI=1S/C25H27F4N4O/c1-24(2,23(34)31-14-20(26)13-30)12-22-32-21(16-33(22)15-17-7-4-3-5-8-17)18-9-6-10-19(11-18)25(27,28)29/h3-12,16,20H,13-15,30H2,1-2H3,(H,31,34)/t20-/m1/s1. The van der Waals surface area contributed by atoms with Crippen LogP contribution in [0.25, 0.3) is 11.3 Å². The van der Waals surface area contributed by atoms with Crippen LogP contribution in [0.4, 0.5) is 17.6 Å². The van der Waals surface area contributed by atoms with Crippen LogP contribution in [0.2, 0.25) is 0 Å². The molecule has 3 aromatic rings. The number of nitrogens with two attached hydrogens (primary N) is 1. The van der Waals surface area contributed by atoms with E-state index in [1.807, 2.05) is 30.3 Å². The minimum absolute atomic E-state index is 0.202. The third kappa shape index (κ3) is 6.44. The Morgan fingerprint density at radius 1 is 1.15 bits per heavy atom. The molecule has 0 spiro atoms. The smallest absolute Gasteiger partial charge is 0.353 e. The normalized spacial score (nSPS) is 13.0. The number of hydrogen-bond donors (Lipinski definition) is 2. The van der Waals surface area contributed by atoms with Gasteiger partial charge in [-0.05, 0) is 17.7 Å². The molecule has 3 rings (SSSR count). The van der Waals surface area contributed by atoms with Crippen LogP contribution >= 0.6 is 0 Å². The van der Waals surface area contributed by atoms with Crippen LogP contribution in [0.15, 0.2) is 60.8 Å². The highest BCUT2D eigenvalue weighted by Crippen LogP contribution is 2.33. The fourth-order valence-electron chi connectivity index (χ4n) is 3.35. The zero-order valence-corrected chi connectivity index (χ0v) is 18.9. The summed E-state index contributed by atoms with van der Waals surface area (Å²) >= 11 is 0. The fourth-order valence-corrected chi connectivity index (χ4v) is 3.35. The van der Waals surface area contributed by atoms with Crippen molar-refractivity contribution in [3.8, 4) is 11.3 Å². The molecular formula is C25H27F4N4O. The van der Waals surface area contributed by atoms with Gasteiger partial charge in [0.2, 0.25) is 5.91 Å². The number of halogens is 4. The first-order chi connectivity index (χ1) is 16.0. The first kappa shape index (κ1) is 25.4. The maximum Gasteiger partial charge on any atom is 0.416 e. The van der Waals surface area contributed by atoms with Gasteiger partial charge in [-0.3, -0.25) is 4.79 Å². The quantitative estimate of drug-likeness (QED) is 0.444. The first-order valence-corrected chi connectivity index (χ1v) is 10.8. The number of carbonyl (C=O) groups excluding carboxylic acids is 1. The average Bonchev–Trinajstić information content (AvgIpc) is 3.18. The summed E-state index contributed by atoms with van der Waals surface area (Å²) in [6, 6.07) is 14.4. The molecule has 1 amide bonds. The predicted octanol–water partition coefficient (Wildman–Crippen LogP) is 4.61. The van der Waals surface area contributed by atoms with E-state index < -0.39 is 29.2 Å². The van der Waals surface area contributed by atoms with Gasteiger partial charge in [0.25, 0.3) is 0 Å². The molecule has 1 atom stereocenters. The molecule has 34 heavy (non-hydrogen) atoms. The Balaban J connectivity index is 1.93. The second-order valence-electron chi connectivity index (χ2n) is 8.59. The van der Waals surface area contributed by atoms with Crippen LogP contribution in [0, 0.1) is 11.8 Å². The number of rotatable bonds is 9. The number of alkyl halides is 4. The van der Waals surface area contributed by atoms with Crippen molar-refractivity contribution in [2.24, 2.45) is 11.1 Å². The molecule has 0 saturated heterocycles. The van der Waals surface area contributed by atoms with E-state index in [0.29, 0.717) is 23.6 Å². The fraction of sp³-hybridized carbons (Fsp3) is 0.320. The van der Waals surface area contributed by atoms with Crippen molar-refractivity contribution in [1.29, 1.82) is 0 Å². The monoisotopic (exact) mass is 475 g/mol. The number of carbonyl (C=O) groups is 1. The Bertz CT molecular complexity index is 1110. The Morgan fingerprint density at radius 2 is 1.85 bits per heavy atom. The van der Waals surface area contributed by atoms with Crippen LogP contribution < -0.4 is 11.1 Å². The molecule has 181 valence electrons. The molecule has 0 aliphatic carbocycles. The lowest BCUT2D eigenvalue weighted by molar-refractivity contribution is -0.137. The second kappa shape index (κ2) is 10.4. The maximum absolute atomic E-state index is 13.5. The lowest BCUT2D eigenvalue weighted by Crippen LogP contribution is -2.42. The number of benzene rings is 2. The molecule has 0 aliphatic heterocycles. The highest BCUT2D eigenvalue weighted by molar-refractivity contribution is 5.83. The van der Waals surface area contributed by atoms with E-state index in [9.17, 15) is 22.4 Å². The molecular weight excluding hydrogens is 448 g/mol. The van der Waals surface area contributed by atoms with E-state index in [0.717, 1.165) is 17.7 Å². The van der Waals surface area contributed by atoms with Crippen LogP contribution in [-0.2, 0) is 17.5 Å². The van der Waals surface area contributed by atoms with Gasteiger partial charge in [0.05, 0.1) is 23.2 Å². The Hall–Kier alpha value is -3.20. The number of amides is 1. The Morgan fingerprint density at radius 3 is 2.50 bits per heavy atom. The van der Waals surface area contributed by atoms with Crippen molar-refractivity contribution in [3.63, 3.8) is 0 Å². The molecule has 0 saturated carbocycles. The molecule has 2 aromatic carbocycles. The predicted molar refractivity (Wildman–Crippen MR) is 122 cm³/mol. The van der Waals surface area contributed by atoms with E-state index in [4.69, 9.17) is 5.73 Å². The molecule has 9 heteroatoms. The van der Waals surface area contributed by atoms with E-state index in [1.54, 1.807) is 37.1 Å². The van der Waals surface area contributed by atoms with Gasteiger partial charge in [-0.1, -0.05) is 56.3 Å². The molecule has 0 aliphatic rings. The highest BCUT2D eigenvalue weighted by Gasteiger charge is 2.32. The van der Waals surface area contributed by atoms with Crippen molar-refractivity contribution in [2.45, 2.75) is 32.7 Å². The summed E-state index contributed by atoms with van der Waals surface area (Å²) in [5.74, 6) is -0.00878. The molecule has 0 fully saturated rings. The number of nitrogens with zero attached hydrogens (tertiary/aromatic N) is 2. The van der Waals surface area contributed by atoms with Crippen LogP contribution in [0.1, 0.15) is 30.8 Å². The Labute approximate surface area is 196 Å². The van der Waals surface area contributed by atoms with E-state index in [2.05, 4.69) is 10.3 Å². The van der Waals surface area contributed by atoms with Gasteiger partial charge in [0.15, 0.2) is 0 Å². The van der Waals surface area contributed by atoms with Crippen molar-refractivity contribution in [1.82, 2.24) is 14.9 Å². The van der Waals surface area contributed by atoms with Gasteiger partial charge in [0.1, 0.15) is 12.0 Å². The van der Waals surface area contributed by atoms with Gasteiger partial charge >= 0.3 is 6.18 Å². The van der Waals surface area contributed by atoms with Crippen molar-refractivity contribution >= 4 is 5.91 Å². The first-order valence-electron chi connectivity index (χ1n) is 10.8. The molecule has 1 heterocycles. The number of hydrogen-bond acceptors (Lipinski definition) is 3. The number of imidazole rings is 1. The van der Waals surface area contributed by atoms with Gasteiger partial charge in [-0.2, -0.15) is 13.2 Å². The minimum atomic E-state index is -4.48. The number of nitrogens with one attached hydrogen (secondary N) is 1. The highest BCUT2D eigenvalue weighted by atomic mass is 19.4. The molecule has 5 nitrogen and oxygen atoms in total. The third-order valence-electron chi connectivity index (χ3n) is 5.30. The van der Waals surface area contributed by atoms with Gasteiger partial charge in [-0.25, -0.2) is 9.37 Å². The van der Waals surface area contributed by atoms with Gasteiger partial charge in [0, 0.05) is 31.3 Å². The van der Waals surface area contributed by atoms with Crippen molar-refractivity contribution in [2.75, 3.05) is 13.1 Å². The lowest BCUT2D eigenvalue weighted by atomic mass is 9.87. The SMILES string of the molecule is CC(C)([CH]c1nc(-c2cccc(C(F)(F)F)c2)cn1Cc1ccccc1)C(=O)NC[C@H](F)CN. The third-order valence-corrected chi connectivity index (χ3v) is 5.30. The molecule has 3 N–H and O–H groups in total. The summed E-state index contributed by atoms with van der Waals surface area (Å²) < 4.78 is 54.9. The summed E-state index contributed by atoms with van der Waals surface area (Å²) in [6.45, 7) is 3.30. The average molecular weight is 476 g/mol. The van der Waals surface area contributed by atoms with E-state index in [-0.39, 0.29) is 13.1 Å². The summed E-state index contributed by atoms with van der Waals surface area (Å²) in [4.78, 5) is 17.2. The lowest BCUT2D eigenvalue weighted by Gasteiger charge is -2.23. The second-order valence-corrected chi connectivity index (χ2v) is 8.59. The van der Waals surface area contributed by atoms with Crippen molar-refractivity contribution in [3.05, 3.63) is 84.2 Å². The summed E-state index contributed by atoms with van der Waals surface area (Å²) in [6.07, 6.45) is -2.55. The van der Waals surface area contributed by atoms with E-state index >= 15 is 0 Å². The van der Waals surface area contributed by atoms with Crippen molar-refractivity contribution < 1.29 is 22.4 Å². The van der Waals surface area contributed by atoms with Crippen LogP contribution in [-0.4, -0.2) is 34.7 Å².